The van der Waals surface area contributed by atoms with E-state index in [1.807, 2.05) is 0 Å². The van der Waals surface area contributed by atoms with Gasteiger partial charge in [-0.05, 0) is 19.1 Å². The van der Waals surface area contributed by atoms with Crippen LogP contribution in [0, 0.1) is 0 Å². The van der Waals surface area contributed by atoms with E-state index in [2.05, 4.69) is 44.4 Å². The Balaban J connectivity index is 2.09. The summed E-state index contributed by atoms with van der Waals surface area (Å²) in [5.41, 5.74) is 0. The molecule has 0 bridgehead atoms. The summed E-state index contributed by atoms with van der Waals surface area (Å²) >= 11 is 2.12. The van der Waals surface area contributed by atoms with Gasteiger partial charge in [0, 0.05) is 24.4 Å². The van der Waals surface area contributed by atoms with Gasteiger partial charge in [-0.1, -0.05) is 13.8 Å². The van der Waals surface area contributed by atoms with Crippen molar-refractivity contribution in [3.8, 4) is 0 Å². The number of hydrogen-bond donors (Lipinski definition) is 0. The van der Waals surface area contributed by atoms with Crippen LogP contribution in [0.15, 0.2) is 0 Å². The van der Waals surface area contributed by atoms with Crippen LogP contribution in [0.25, 0.3) is 0 Å². The van der Waals surface area contributed by atoms with Crippen molar-refractivity contribution in [1.82, 2.24) is 4.90 Å². The Bertz CT molecular complexity index is 117. The lowest BCUT2D eigenvalue weighted by atomic mass is 10.1. The molecule has 0 radical (unpaired) electrons. The average Bonchev–Trinajstić information content (AvgIpc) is 1.75. The first-order chi connectivity index (χ1) is 5.09. The molecular formula is C9H19NS. The Hall–Kier alpha value is 0.310. The van der Waals surface area contributed by atoms with Crippen LogP contribution in [0.2, 0.25) is 0 Å². The lowest BCUT2D eigenvalue weighted by molar-refractivity contribution is 0.146. The fourth-order valence-electron chi connectivity index (χ4n) is 1.36. The number of thioether (sulfide) groups is 1. The molecule has 0 aromatic heterocycles. The maximum absolute atomic E-state index is 2.53. The minimum atomic E-state index is 0.749. The van der Waals surface area contributed by atoms with E-state index in [1.54, 1.807) is 0 Å². The Labute approximate surface area is 74.5 Å². The lowest BCUT2D eigenvalue weighted by Gasteiger charge is -2.42. The molecule has 0 aromatic carbocycles. The zero-order chi connectivity index (χ0) is 8.43. The first-order valence-corrected chi connectivity index (χ1v) is 5.43. The molecule has 0 aromatic rings. The molecule has 1 rings (SSSR count). The summed E-state index contributed by atoms with van der Waals surface area (Å²) in [5.74, 6) is 0. The summed E-state index contributed by atoms with van der Waals surface area (Å²) in [6.45, 7) is 11.7. The highest BCUT2D eigenvalue weighted by Crippen LogP contribution is 2.26. The molecule has 1 saturated heterocycles. The number of hydrogen-bond acceptors (Lipinski definition) is 2. The second-order valence-electron chi connectivity index (χ2n) is 3.85. The van der Waals surface area contributed by atoms with Crippen molar-refractivity contribution in [1.29, 1.82) is 0 Å². The topological polar surface area (TPSA) is 3.24 Å². The van der Waals surface area contributed by atoms with Crippen molar-refractivity contribution >= 4 is 11.8 Å². The Morgan fingerprint density at radius 2 is 1.73 bits per heavy atom. The molecule has 1 fully saturated rings. The molecule has 66 valence electrons. The fraction of sp³-hybridized carbons (Fsp3) is 1.00. The molecule has 0 N–H and O–H groups in total. The van der Waals surface area contributed by atoms with E-state index in [9.17, 15) is 0 Å². The van der Waals surface area contributed by atoms with Gasteiger partial charge in [-0.25, -0.2) is 0 Å². The minimum Gasteiger partial charge on any atom is -0.299 e. The van der Waals surface area contributed by atoms with E-state index in [4.69, 9.17) is 0 Å². The second-order valence-corrected chi connectivity index (χ2v) is 5.74. The Kier molecular flexibility index (Phi) is 3.26. The van der Waals surface area contributed by atoms with Gasteiger partial charge in [0.05, 0.1) is 0 Å². The standard InChI is InChI=1S/C9H19NS/c1-7(2)10-5-9(6-10)11-8(3)4/h7-9H,5-6H2,1-4H3. The molecule has 1 aliphatic heterocycles. The van der Waals surface area contributed by atoms with Crippen LogP contribution in [-0.4, -0.2) is 34.5 Å². The van der Waals surface area contributed by atoms with Gasteiger partial charge in [-0.15, -0.1) is 0 Å². The van der Waals surface area contributed by atoms with Crippen LogP contribution >= 0.6 is 11.8 Å². The predicted octanol–water partition coefficient (Wildman–Crippen LogP) is 2.22. The quantitative estimate of drug-likeness (QED) is 0.644. The number of likely N-dealkylation sites (tertiary alicyclic amines) is 1. The van der Waals surface area contributed by atoms with E-state index in [-0.39, 0.29) is 0 Å². The van der Waals surface area contributed by atoms with E-state index in [0.717, 1.165) is 16.5 Å². The third-order valence-electron chi connectivity index (χ3n) is 2.07. The van der Waals surface area contributed by atoms with E-state index < -0.39 is 0 Å². The van der Waals surface area contributed by atoms with E-state index in [0.29, 0.717) is 0 Å². The zero-order valence-electron chi connectivity index (χ0n) is 8.00. The summed E-state index contributed by atoms with van der Waals surface area (Å²) in [6.07, 6.45) is 0. The van der Waals surface area contributed by atoms with Crippen molar-refractivity contribution in [2.75, 3.05) is 13.1 Å². The van der Waals surface area contributed by atoms with Gasteiger partial charge >= 0.3 is 0 Å². The molecule has 0 saturated carbocycles. The maximum Gasteiger partial charge on any atom is 0.0305 e. The highest BCUT2D eigenvalue weighted by molar-refractivity contribution is 8.00. The highest BCUT2D eigenvalue weighted by atomic mass is 32.2. The summed E-state index contributed by atoms with van der Waals surface area (Å²) in [7, 11) is 0. The van der Waals surface area contributed by atoms with Crippen molar-refractivity contribution < 1.29 is 0 Å². The summed E-state index contributed by atoms with van der Waals surface area (Å²) in [5, 5.41) is 1.71. The largest absolute Gasteiger partial charge is 0.299 e. The molecule has 0 aliphatic carbocycles. The van der Waals surface area contributed by atoms with Crippen LogP contribution < -0.4 is 0 Å². The van der Waals surface area contributed by atoms with Gasteiger partial charge in [0.1, 0.15) is 0 Å². The molecule has 1 aliphatic rings. The Morgan fingerprint density at radius 1 is 1.18 bits per heavy atom. The van der Waals surface area contributed by atoms with Gasteiger partial charge in [0.25, 0.3) is 0 Å². The smallest absolute Gasteiger partial charge is 0.0305 e. The molecule has 1 heterocycles. The van der Waals surface area contributed by atoms with Crippen molar-refractivity contribution in [3.05, 3.63) is 0 Å². The predicted molar refractivity (Wildman–Crippen MR) is 53.2 cm³/mol. The van der Waals surface area contributed by atoms with Gasteiger partial charge in [-0.2, -0.15) is 11.8 Å². The molecule has 0 amide bonds. The van der Waals surface area contributed by atoms with Gasteiger partial charge in [-0.3, -0.25) is 4.90 Å². The molecule has 0 unspecified atom stereocenters. The first-order valence-electron chi connectivity index (χ1n) is 4.49. The monoisotopic (exact) mass is 173 g/mol. The molecule has 0 spiro atoms. The number of nitrogens with zero attached hydrogens (tertiary/aromatic N) is 1. The molecule has 0 atom stereocenters. The third kappa shape index (κ3) is 2.68. The van der Waals surface area contributed by atoms with Crippen molar-refractivity contribution in [3.63, 3.8) is 0 Å². The van der Waals surface area contributed by atoms with Gasteiger partial charge < -0.3 is 0 Å². The normalized spacial score (nSPS) is 21.3. The minimum absolute atomic E-state index is 0.749. The Morgan fingerprint density at radius 3 is 2.09 bits per heavy atom. The summed E-state index contributed by atoms with van der Waals surface area (Å²) in [4.78, 5) is 2.53. The van der Waals surface area contributed by atoms with E-state index >= 15 is 0 Å². The third-order valence-corrected chi connectivity index (χ3v) is 3.30. The molecule has 2 heteroatoms. The van der Waals surface area contributed by atoms with Crippen molar-refractivity contribution in [2.45, 2.75) is 44.2 Å². The molecular weight excluding hydrogens is 154 g/mol. The average molecular weight is 173 g/mol. The summed E-state index contributed by atoms with van der Waals surface area (Å²) < 4.78 is 0. The van der Waals surface area contributed by atoms with Crippen LogP contribution in [0.5, 0.6) is 0 Å². The second kappa shape index (κ2) is 3.81. The van der Waals surface area contributed by atoms with Gasteiger partial charge in [0.15, 0.2) is 0 Å². The SMILES string of the molecule is CC(C)SC1CN(C(C)C)C1. The number of rotatable bonds is 3. The van der Waals surface area contributed by atoms with Crippen LogP contribution in [-0.2, 0) is 0 Å². The van der Waals surface area contributed by atoms with E-state index in [1.165, 1.54) is 13.1 Å². The lowest BCUT2D eigenvalue weighted by Crippen LogP contribution is -2.52. The zero-order valence-corrected chi connectivity index (χ0v) is 8.82. The highest BCUT2D eigenvalue weighted by Gasteiger charge is 2.28. The molecule has 11 heavy (non-hydrogen) atoms. The van der Waals surface area contributed by atoms with Crippen molar-refractivity contribution in [2.24, 2.45) is 0 Å². The van der Waals surface area contributed by atoms with Crippen LogP contribution in [0.3, 0.4) is 0 Å². The van der Waals surface area contributed by atoms with Crippen LogP contribution in [0.4, 0.5) is 0 Å². The molecule has 1 nitrogen and oxygen atoms in total. The first kappa shape index (κ1) is 9.40. The summed E-state index contributed by atoms with van der Waals surface area (Å²) in [6, 6.07) is 0.749. The van der Waals surface area contributed by atoms with Gasteiger partial charge in [0.2, 0.25) is 0 Å². The van der Waals surface area contributed by atoms with Crippen LogP contribution in [0.1, 0.15) is 27.7 Å². The maximum atomic E-state index is 2.53. The fourth-order valence-corrected chi connectivity index (χ4v) is 2.69.